The summed E-state index contributed by atoms with van der Waals surface area (Å²) in [4.78, 5) is 37.1. The largest absolute Gasteiger partial charge is 0.427 e. The third-order valence-corrected chi connectivity index (χ3v) is 3.84. The molecule has 0 saturated carbocycles. The van der Waals surface area contributed by atoms with Gasteiger partial charge in [-0.25, -0.2) is 4.90 Å². The van der Waals surface area contributed by atoms with Crippen LogP contribution in [0.1, 0.15) is 19.8 Å². The number of imide groups is 1. The molecule has 3 rings (SSSR count). The molecule has 0 unspecified atom stereocenters. The van der Waals surface area contributed by atoms with Crippen molar-refractivity contribution in [2.45, 2.75) is 19.8 Å². The first kappa shape index (κ1) is 13.5. The van der Waals surface area contributed by atoms with E-state index in [1.807, 2.05) is 12.2 Å². The summed E-state index contributed by atoms with van der Waals surface area (Å²) < 4.78 is 5.00. The molecular weight excluding hydrogens is 270 g/mol. The van der Waals surface area contributed by atoms with Crippen molar-refractivity contribution in [1.82, 2.24) is 0 Å². The predicted molar refractivity (Wildman–Crippen MR) is 75.6 cm³/mol. The van der Waals surface area contributed by atoms with E-state index in [1.54, 1.807) is 24.3 Å². The van der Waals surface area contributed by atoms with Crippen LogP contribution in [0.15, 0.2) is 36.4 Å². The average molecular weight is 285 g/mol. The Morgan fingerprint density at radius 3 is 2.33 bits per heavy atom. The van der Waals surface area contributed by atoms with E-state index < -0.39 is 5.97 Å². The molecule has 2 atom stereocenters. The normalized spacial score (nSPS) is 24.1. The summed E-state index contributed by atoms with van der Waals surface area (Å²) >= 11 is 0. The van der Waals surface area contributed by atoms with Crippen molar-refractivity contribution < 1.29 is 19.1 Å². The molecule has 5 heteroatoms. The van der Waals surface area contributed by atoms with Crippen molar-refractivity contribution in [2.75, 3.05) is 4.90 Å². The van der Waals surface area contributed by atoms with Crippen LogP contribution in [0, 0.1) is 11.8 Å². The van der Waals surface area contributed by atoms with Gasteiger partial charge < -0.3 is 4.74 Å². The van der Waals surface area contributed by atoms with Crippen LogP contribution in [-0.2, 0) is 14.4 Å². The summed E-state index contributed by atoms with van der Waals surface area (Å²) in [6, 6.07) is 6.49. The number of carbonyl (C=O) groups is 3. The van der Waals surface area contributed by atoms with Crippen molar-refractivity contribution in [1.29, 1.82) is 0 Å². The lowest BCUT2D eigenvalue weighted by atomic mass is 9.85. The summed E-state index contributed by atoms with van der Waals surface area (Å²) in [7, 11) is 0. The van der Waals surface area contributed by atoms with Gasteiger partial charge in [-0.2, -0.15) is 0 Å². The fraction of sp³-hybridized carbons (Fsp3) is 0.312. The van der Waals surface area contributed by atoms with E-state index in [2.05, 4.69) is 0 Å². The Labute approximate surface area is 122 Å². The minimum absolute atomic E-state index is 0.172. The summed E-state index contributed by atoms with van der Waals surface area (Å²) in [5.41, 5.74) is 0.457. The number of fused-ring (bicyclic) bond motifs is 1. The molecule has 0 bridgehead atoms. The van der Waals surface area contributed by atoms with Gasteiger partial charge in [0.15, 0.2) is 0 Å². The molecule has 1 fully saturated rings. The van der Waals surface area contributed by atoms with Crippen LogP contribution in [0.5, 0.6) is 5.75 Å². The van der Waals surface area contributed by atoms with E-state index in [0.717, 1.165) is 0 Å². The first-order valence-corrected chi connectivity index (χ1v) is 6.89. The Morgan fingerprint density at radius 1 is 1.14 bits per heavy atom. The van der Waals surface area contributed by atoms with Gasteiger partial charge in [-0.3, -0.25) is 14.4 Å². The Kier molecular flexibility index (Phi) is 3.33. The Morgan fingerprint density at radius 2 is 1.76 bits per heavy atom. The number of carbonyl (C=O) groups excluding carboxylic acids is 3. The molecule has 1 heterocycles. The van der Waals surface area contributed by atoms with Crippen molar-refractivity contribution in [3.63, 3.8) is 0 Å². The van der Waals surface area contributed by atoms with Crippen LogP contribution in [-0.4, -0.2) is 17.8 Å². The lowest BCUT2D eigenvalue weighted by Gasteiger charge is -2.15. The fourth-order valence-electron chi connectivity index (χ4n) is 2.91. The highest BCUT2D eigenvalue weighted by molar-refractivity contribution is 6.22. The molecule has 108 valence electrons. The third-order valence-electron chi connectivity index (χ3n) is 3.84. The fourth-order valence-corrected chi connectivity index (χ4v) is 2.91. The number of ether oxygens (including phenoxy) is 1. The highest BCUT2D eigenvalue weighted by atomic mass is 16.5. The van der Waals surface area contributed by atoms with Gasteiger partial charge in [-0.05, 0) is 25.0 Å². The molecule has 2 amide bonds. The zero-order valence-corrected chi connectivity index (χ0v) is 11.6. The van der Waals surface area contributed by atoms with E-state index in [0.29, 0.717) is 24.3 Å². The molecule has 0 radical (unpaired) electrons. The monoisotopic (exact) mass is 285 g/mol. The number of anilines is 1. The van der Waals surface area contributed by atoms with Crippen molar-refractivity contribution in [2.24, 2.45) is 11.8 Å². The molecule has 1 saturated heterocycles. The molecule has 1 aliphatic heterocycles. The van der Waals surface area contributed by atoms with Crippen LogP contribution in [0.3, 0.4) is 0 Å². The third kappa shape index (κ3) is 2.35. The molecule has 1 aromatic carbocycles. The van der Waals surface area contributed by atoms with E-state index in [4.69, 9.17) is 4.74 Å². The van der Waals surface area contributed by atoms with Crippen LogP contribution in [0.2, 0.25) is 0 Å². The Balaban J connectivity index is 1.92. The van der Waals surface area contributed by atoms with E-state index in [-0.39, 0.29) is 23.7 Å². The number of allylic oxidation sites excluding steroid dienone is 2. The minimum Gasteiger partial charge on any atom is -0.427 e. The molecule has 21 heavy (non-hydrogen) atoms. The van der Waals surface area contributed by atoms with Crippen molar-refractivity contribution >= 4 is 23.5 Å². The smallest absolute Gasteiger partial charge is 0.308 e. The lowest BCUT2D eigenvalue weighted by molar-refractivity contribution is -0.132. The molecule has 1 aliphatic carbocycles. The van der Waals surface area contributed by atoms with Gasteiger partial charge in [0.2, 0.25) is 11.8 Å². The van der Waals surface area contributed by atoms with Crippen LogP contribution in [0.25, 0.3) is 0 Å². The van der Waals surface area contributed by atoms with Gasteiger partial charge in [-0.15, -0.1) is 0 Å². The molecule has 2 aliphatic rings. The maximum absolute atomic E-state index is 12.4. The quantitative estimate of drug-likeness (QED) is 0.361. The number of esters is 1. The maximum atomic E-state index is 12.4. The number of nitrogens with zero attached hydrogens (tertiary/aromatic N) is 1. The van der Waals surface area contributed by atoms with Gasteiger partial charge in [0.05, 0.1) is 17.5 Å². The zero-order chi connectivity index (χ0) is 15.0. The summed E-state index contributed by atoms with van der Waals surface area (Å²) in [6.45, 7) is 1.30. The average Bonchev–Trinajstić information content (AvgIpc) is 2.71. The van der Waals surface area contributed by atoms with Gasteiger partial charge in [0, 0.05) is 13.0 Å². The molecular formula is C16H15NO4. The predicted octanol–water partition coefficient (Wildman–Crippen LogP) is 2.07. The zero-order valence-electron chi connectivity index (χ0n) is 11.6. The molecule has 1 aromatic rings. The second-order valence-corrected chi connectivity index (χ2v) is 5.26. The van der Waals surface area contributed by atoms with E-state index in [1.165, 1.54) is 11.8 Å². The van der Waals surface area contributed by atoms with Gasteiger partial charge in [-0.1, -0.05) is 18.2 Å². The standard InChI is InChI=1S/C16H15NO4/c1-10(18)21-12-6-4-5-11(9-12)17-15(19)13-7-2-3-8-14(13)16(17)20/h2-6,9,13-14H,7-8H2,1H3/t13-,14-/m0/s1. The molecule has 0 spiro atoms. The number of benzene rings is 1. The van der Waals surface area contributed by atoms with E-state index in [9.17, 15) is 14.4 Å². The summed E-state index contributed by atoms with van der Waals surface area (Å²) in [5, 5.41) is 0. The van der Waals surface area contributed by atoms with Gasteiger partial charge in [0.25, 0.3) is 0 Å². The molecule has 5 nitrogen and oxygen atoms in total. The van der Waals surface area contributed by atoms with Crippen molar-refractivity contribution in [3.05, 3.63) is 36.4 Å². The molecule has 0 N–H and O–H groups in total. The first-order valence-electron chi connectivity index (χ1n) is 6.89. The number of hydrogen-bond acceptors (Lipinski definition) is 4. The van der Waals surface area contributed by atoms with Gasteiger partial charge in [0.1, 0.15) is 5.75 Å². The summed E-state index contributed by atoms with van der Waals surface area (Å²) in [5.74, 6) is -0.985. The van der Waals surface area contributed by atoms with Gasteiger partial charge >= 0.3 is 5.97 Å². The first-order chi connectivity index (χ1) is 10.1. The van der Waals surface area contributed by atoms with Crippen molar-refractivity contribution in [3.8, 4) is 5.75 Å². The maximum Gasteiger partial charge on any atom is 0.308 e. The topological polar surface area (TPSA) is 63.7 Å². The second kappa shape index (κ2) is 5.16. The second-order valence-electron chi connectivity index (χ2n) is 5.26. The minimum atomic E-state index is -0.441. The van der Waals surface area contributed by atoms with Crippen LogP contribution >= 0.6 is 0 Å². The highest BCUT2D eigenvalue weighted by Gasteiger charge is 2.47. The Bertz CT molecular complexity index is 623. The van der Waals surface area contributed by atoms with E-state index >= 15 is 0 Å². The SMILES string of the molecule is CC(=O)Oc1cccc(N2C(=O)[C@H]3CC=CC[C@@H]3C2=O)c1. The number of hydrogen-bond donors (Lipinski definition) is 0. The molecule has 0 aromatic heterocycles. The number of rotatable bonds is 2. The Hall–Kier alpha value is -2.43. The van der Waals surface area contributed by atoms with Crippen LogP contribution < -0.4 is 9.64 Å². The van der Waals surface area contributed by atoms with Crippen LogP contribution in [0.4, 0.5) is 5.69 Å². The summed E-state index contributed by atoms with van der Waals surface area (Å²) in [6.07, 6.45) is 5.11. The highest BCUT2D eigenvalue weighted by Crippen LogP contribution is 2.38. The number of amides is 2. The lowest BCUT2D eigenvalue weighted by Crippen LogP contribution is -2.30.